The summed E-state index contributed by atoms with van der Waals surface area (Å²) >= 11 is 0. The summed E-state index contributed by atoms with van der Waals surface area (Å²) in [6.45, 7) is 4.93. The molecule has 0 bridgehead atoms. The number of carbonyl (C=O) groups excluding carboxylic acids is 1. The fourth-order valence-corrected chi connectivity index (χ4v) is 3.22. The molecule has 0 fully saturated rings. The predicted octanol–water partition coefficient (Wildman–Crippen LogP) is 1.05. The Kier molecular flexibility index (Phi) is 5.62. The van der Waals surface area contributed by atoms with Crippen LogP contribution in [0, 0.1) is 6.92 Å². The number of hydrogen-bond donors (Lipinski definition) is 3. The van der Waals surface area contributed by atoms with Crippen molar-refractivity contribution in [1.82, 2.24) is 5.32 Å². The van der Waals surface area contributed by atoms with Gasteiger partial charge in [0.05, 0.1) is 18.1 Å². The van der Waals surface area contributed by atoms with Gasteiger partial charge in [0.1, 0.15) is 22.7 Å². The van der Waals surface area contributed by atoms with E-state index >= 15 is 0 Å². The van der Waals surface area contributed by atoms with Gasteiger partial charge in [0, 0.05) is 24.2 Å². The fraction of sp³-hybridized carbons (Fsp3) is 0.500. The Morgan fingerprint density at radius 3 is 2.86 bits per heavy atom. The Hall–Kier alpha value is -2.58. The largest absolute Gasteiger partial charge is 0.487 e. The molecule has 0 spiro atoms. The molecule has 3 N–H and O–H groups in total. The van der Waals surface area contributed by atoms with Crippen LogP contribution in [0.2, 0.25) is 0 Å². The SMILES string of the molecule is Cc1cc(=O)oc2c3c(cc(OCC(=O)NC[C@@H](O)CO)c12)OC(C)(C)CC3. The molecule has 1 atom stereocenters. The van der Waals surface area contributed by atoms with Gasteiger partial charge in [-0.3, -0.25) is 4.79 Å². The zero-order valence-electron chi connectivity index (χ0n) is 16.2. The minimum Gasteiger partial charge on any atom is -0.487 e. The number of benzene rings is 1. The first-order chi connectivity index (χ1) is 13.2. The molecule has 1 aliphatic heterocycles. The number of amides is 1. The van der Waals surface area contributed by atoms with E-state index in [9.17, 15) is 14.7 Å². The molecule has 3 rings (SSSR count). The van der Waals surface area contributed by atoms with E-state index in [1.54, 1.807) is 13.0 Å². The summed E-state index contributed by atoms with van der Waals surface area (Å²) in [5, 5.41) is 21.2. The molecular weight excluding hydrogens is 366 g/mol. The average Bonchev–Trinajstić information content (AvgIpc) is 2.62. The van der Waals surface area contributed by atoms with Gasteiger partial charge < -0.3 is 29.4 Å². The Morgan fingerprint density at radius 1 is 1.39 bits per heavy atom. The lowest BCUT2D eigenvalue weighted by molar-refractivity contribution is -0.123. The van der Waals surface area contributed by atoms with Gasteiger partial charge in [-0.15, -0.1) is 0 Å². The average molecular weight is 391 g/mol. The Balaban J connectivity index is 1.93. The summed E-state index contributed by atoms with van der Waals surface area (Å²) in [5.74, 6) is 0.504. The minimum atomic E-state index is -1.03. The van der Waals surface area contributed by atoms with E-state index in [2.05, 4.69) is 5.32 Å². The number of rotatable bonds is 6. The van der Waals surface area contributed by atoms with Crippen molar-refractivity contribution in [2.75, 3.05) is 19.8 Å². The van der Waals surface area contributed by atoms with Gasteiger partial charge in [0.25, 0.3) is 5.91 Å². The highest BCUT2D eigenvalue weighted by atomic mass is 16.5. The zero-order chi connectivity index (χ0) is 20.5. The summed E-state index contributed by atoms with van der Waals surface area (Å²) in [6.07, 6.45) is 0.453. The molecule has 2 aromatic rings. The minimum absolute atomic E-state index is 0.0746. The number of ether oxygens (including phenoxy) is 2. The third kappa shape index (κ3) is 4.28. The van der Waals surface area contributed by atoms with Gasteiger partial charge in [0.2, 0.25) is 0 Å². The lowest BCUT2D eigenvalue weighted by Gasteiger charge is -2.33. The van der Waals surface area contributed by atoms with Crippen molar-refractivity contribution in [3.8, 4) is 11.5 Å². The van der Waals surface area contributed by atoms with Crippen LogP contribution in [-0.2, 0) is 11.2 Å². The predicted molar refractivity (Wildman–Crippen MR) is 102 cm³/mol. The van der Waals surface area contributed by atoms with Gasteiger partial charge in [-0.05, 0) is 39.2 Å². The molecule has 1 aromatic heterocycles. The van der Waals surface area contributed by atoms with Gasteiger partial charge >= 0.3 is 5.63 Å². The molecule has 2 heterocycles. The van der Waals surface area contributed by atoms with Crippen LogP contribution in [0.4, 0.5) is 0 Å². The van der Waals surface area contributed by atoms with Crippen molar-refractivity contribution in [2.45, 2.75) is 45.3 Å². The molecule has 1 amide bonds. The van der Waals surface area contributed by atoms with Crippen LogP contribution in [0.3, 0.4) is 0 Å². The second-order valence-corrected chi connectivity index (χ2v) is 7.59. The molecular formula is C20H25NO7. The molecule has 8 nitrogen and oxygen atoms in total. The van der Waals surface area contributed by atoms with Gasteiger partial charge in [-0.25, -0.2) is 4.79 Å². The molecule has 28 heavy (non-hydrogen) atoms. The van der Waals surface area contributed by atoms with E-state index in [-0.39, 0.29) is 18.8 Å². The summed E-state index contributed by atoms with van der Waals surface area (Å²) in [7, 11) is 0. The van der Waals surface area contributed by atoms with Crippen molar-refractivity contribution in [2.24, 2.45) is 0 Å². The molecule has 152 valence electrons. The lowest BCUT2D eigenvalue weighted by Crippen LogP contribution is -2.36. The first-order valence-corrected chi connectivity index (χ1v) is 9.18. The lowest BCUT2D eigenvalue weighted by atomic mass is 9.92. The highest BCUT2D eigenvalue weighted by Crippen LogP contribution is 2.42. The van der Waals surface area contributed by atoms with Crippen molar-refractivity contribution >= 4 is 16.9 Å². The monoisotopic (exact) mass is 391 g/mol. The van der Waals surface area contributed by atoms with E-state index in [0.29, 0.717) is 34.5 Å². The normalized spacial score (nSPS) is 16.2. The van der Waals surface area contributed by atoms with Crippen LogP contribution >= 0.6 is 0 Å². The number of aliphatic hydroxyl groups excluding tert-OH is 2. The maximum absolute atomic E-state index is 12.0. The van der Waals surface area contributed by atoms with E-state index in [0.717, 1.165) is 12.0 Å². The molecule has 0 aliphatic carbocycles. The van der Waals surface area contributed by atoms with Crippen LogP contribution in [0.15, 0.2) is 21.3 Å². The standard InChI is InChI=1S/C20H25NO7/c1-11-6-17(25)27-19-13-4-5-20(2,3)28-14(13)7-15(18(11)19)26-10-16(24)21-8-12(23)9-22/h6-7,12,22-23H,4-5,8-10H2,1-3H3,(H,21,24)/t12-/m1/s1. The number of carbonyl (C=O) groups is 1. The quantitative estimate of drug-likeness (QED) is 0.630. The highest BCUT2D eigenvalue weighted by Gasteiger charge is 2.30. The third-order valence-electron chi connectivity index (χ3n) is 4.71. The Morgan fingerprint density at radius 2 is 2.14 bits per heavy atom. The van der Waals surface area contributed by atoms with Gasteiger partial charge in [-0.2, -0.15) is 0 Å². The number of fused-ring (bicyclic) bond motifs is 3. The second-order valence-electron chi connectivity index (χ2n) is 7.59. The van der Waals surface area contributed by atoms with E-state index < -0.39 is 24.2 Å². The van der Waals surface area contributed by atoms with E-state index in [1.165, 1.54) is 6.07 Å². The molecule has 0 saturated carbocycles. The topological polar surface area (TPSA) is 118 Å². The summed E-state index contributed by atoms with van der Waals surface area (Å²) in [4.78, 5) is 23.9. The van der Waals surface area contributed by atoms with Crippen LogP contribution in [0.1, 0.15) is 31.4 Å². The fourth-order valence-electron chi connectivity index (χ4n) is 3.22. The number of aryl methyl sites for hydroxylation is 2. The smallest absolute Gasteiger partial charge is 0.336 e. The first-order valence-electron chi connectivity index (χ1n) is 9.18. The number of nitrogens with one attached hydrogen (secondary N) is 1. The second kappa shape index (κ2) is 7.81. The number of hydrogen-bond acceptors (Lipinski definition) is 7. The van der Waals surface area contributed by atoms with Crippen molar-refractivity contribution in [3.05, 3.63) is 33.7 Å². The Labute approximate surface area is 162 Å². The first kappa shape index (κ1) is 20.2. The van der Waals surface area contributed by atoms with Gasteiger partial charge in [-0.1, -0.05) is 0 Å². The number of aliphatic hydroxyl groups is 2. The van der Waals surface area contributed by atoms with Gasteiger partial charge in [0.15, 0.2) is 6.61 Å². The van der Waals surface area contributed by atoms with E-state index in [4.69, 9.17) is 19.0 Å². The molecule has 8 heteroatoms. The Bertz CT molecular complexity index is 948. The molecule has 0 unspecified atom stereocenters. The molecule has 1 aliphatic rings. The van der Waals surface area contributed by atoms with Crippen LogP contribution in [-0.4, -0.2) is 47.6 Å². The van der Waals surface area contributed by atoms with Crippen molar-refractivity contribution < 1.29 is 28.9 Å². The van der Waals surface area contributed by atoms with E-state index in [1.807, 2.05) is 13.8 Å². The van der Waals surface area contributed by atoms with Crippen LogP contribution in [0.25, 0.3) is 11.0 Å². The molecule has 0 saturated heterocycles. The highest BCUT2D eigenvalue weighted by molar-refractivity contribution is 5.91. The maximum Gasteiger partial charge on any atom is 0.336 e. The third-order valence-corrected chi connectivity index (χ3v) is 4.71. The summed E-state index contributed by atoms with van der Waals surface area (Å²) in [5.41, 5.74) is 1.11. The zero-order valence-corrected chi connectivity index (χ0v) is 16.2. The summed E-state index contributed by atoms with van der Waals surface area (Å²) < 4.78 is 17.2. The molecule has 1 aromatic carbocycles. The molecule has 0 radical (unpaired) electrons. The summed E-state index contributed by atoms with van der Waals surface area (Å²) in [6, 6.07) is 3.11. The van der Waals surface area contributed by atoms with Crippen LogP contribution < -0.4 is 20.4 Å². The van der Waals surface area contributed by atoms with Crippen LogP contribution in [0.5, 0.6) is 11.5 Å². The maximum atomic E-state index is 12.0. The van der Waals surface area contributed by atoms with Crippen molar-refractivity contribution in [1.29, 1.82) is 0 Å². The van der Waals surface area contributed by atoms with Crippen molar-refractivity contribution in [3.63, 3.8) is 0 Å².